The van der Waals surface area contributed by atoms with Crippen molar-refractivity contribution in [3.8, 4) is 0 Å². The van der Waals surface area contributed by atoms with E-state index in [-0.39, 0.29) is 110 Å². The fourth-order valence-electron chi connectivity index (χ4n) is 13.4. The Labute approximate surface area is 343 Å². The zero-order valence-corrected chi connectivity index (χ0v) is 32.5. The summed E-state index contributed by atoms with van der Waals surface area (Å²) in [6, 6.07) is 11.7. The third-order valence-corrected chi connectivity index (χ3v) is 15.6. The summed E-state index contributed by atoms with van der Waals surface area (Å²) in [5, 5.41) is 28.5. The first-order valence-corrected chi connectivity index (χ1v) is 21.3. The Morgan fingerprint density at radius 3 is 0.700 bits per heavy atom. The second-order valence-electron chi connectivity index (χ2n) is 18.1. The van der Waals surface area contributed by atoms with Crippen molar-refractivity contribution in [1.82, 2.24) is 14.7 Å². The fraction of sp³-hybridized carbons (Fsp3) is 0.375. The largest absolute Gasteiger partial charge is 0.396 e. The minimum absolute atomic E-state index is 0.00828. The Hall–Kier alpha value is -5.82. The first kappa shape index (κ1) is 35.0. The molecule has 60 heavy (non-hydrogen) atoms. The third-order valence-electron chi connectivity index (χ3n) is 15.6. The summed E-state index contributed by atoms with van der Waals surface area (Å²) in [5.41, 5.74) is 16.6. The molecule has 0 fully saturated rings. The number of imide groups is 3. The van der Waals surface area contributed by atoms with Gasteiger partial charge >= 0.3 is 0 Å². The highest BCUT2D eigenvalue weighted by atomic mass is 16.3. The standard InChI is InChI=1S/C48H39N3O9/c52-7-1-4-49-43(55)31-10-19-20(11-32(31)44(49)56)26-16-25(19)37-38(26)40-28-18-30(24-15-36-34(13-22(24)28)46(58)51(48(36)60)6-3-9-54)42(40)41-29-17-27(39(37)41)21-12-33-35(14-23(21)29)47(59)50(45(33)57)5-2-8-53/h10-15,25-30,52-54H,1-9,16-18H2/t25-,26+,27+,28-,29-,30+. The number of fused-ring (bicyclic) bond motifs is 30. The topological polar surface area (TPSA) is 173 Å². The van der Waals surface area contributed by atoms with Gasteiger partial charge in [0.1, 0.15) is 0 Å². The van der Waals surface area contributed by atoms with Crippen LogP contribution in [0.3, 0.4) is 0 Å². The minimum Gasteiger partial charge on any atom is -0.396 e. The monoisotopic (exact) mass is 801 g/mol. The van der Waals surface area contributed by atoms with Gasteiger partial charge in [-0.1, -0.05) is 0 Å². The average Bonchev–Trinajstić information content (AvgIpc) is 4.15. The second kappa shape index (κ2) is 11.7. The number of aliphatic hydroxyl groups is 3. The Kier molecular flexibility index (Phi) is 6.83. The fourth-order valence-corrected chi connectivity index (χ4v) is 13.4. The molecule has 6 aliphatic carbocycles. The molecule has 13 rings (SSSR count). The number of amides is 6. The van der Waals surface area contributed by atoms with E-state index in [4.69, 9.17) is 0 Å². The van der Waals surface area contributed by atoms with E-state index in [0.717, 1.165) is 52.6 Å². The second-order valence-corrected chi connectivity index (χ2v) is 18.1. The summed E-state index contributed by atoms with van der Waals surface area (Å²) in [5.74, 6) is -2.01. The van der Waals surface area contributed by atoms with Gasteiger partial charge in [0.15, 0.2) is 0 Å². The van der Waals surface area contributed by atoms with E-state index in [0.29, 0.717) is 52.6 Å². The molecule has 6 amide bonds. The maximum Gasteiger partial charge on any atom is 0.261 e. The van der Waals surface area contributed by atoms with Crippen LogP contribution >= 0.6 is 0 Å². The number of hydrogen-bond donors (Lipinski definition) is 3. The molecular weight excluding hydrogens is 763 g/mol. The third kappa shape index (κ3) is 3.94. The van der Waals surface area contributed by atoms with Crippen molar-refractivity contribution in [2.75, 3.05) is 39.5 Å². The average molecular weight is 802 g/mol. The first-order chi connectivity index (χ1) is 29.2. The molecule has 0 aromatic heterocycles. The summed E-state index contributed by atoms with van der Waals surface area (Å²) >= 11 is 0. The number of benzene rings is 4. The van der Waals surface area contributed by atoms with Crippen molar-refractivity contribution in [2.24, 2.45) is 0 Å². The maximum atomic E-state index is 13.7. The van der Waals surface area contributed by atoms with Crippen LogP contribution < -0.4 is 0 Å². The van der Waals surface area contributed by atoms with E-state index in [2.05, 4.69) is 0 Å². The Morgan fingerprint density at radius 2 is 0.533 bits per heavy atom. The van der Waals surface area contributed by atoms with Gasteiger partial charge in [-0.15, -0.1) is 0 Å². The van der Waals surface area contributed by atoms with Crippen LogP contribution in [-0.4, -0.2) is 105 Å². The lowest BCUT2D eigenvalue weighted by molar-refractivity contribution is 0.0629. The highest BCUT2D eigenvalue weighted by Crippen LogP contribution is 2.72. The highest BCUT2D eigenvalue weighted by molar-refractivity contribution is 6.23. The number of nitrogens with zero attached hydrogens (tertiary/aromatic N) is 3. The van der Waals surface area contributed by atoms with Crippen LogP contribution in [0.25, 0.3) is 0 Å². The summed E-state index contributed by atoms with van der Waals surface area (Å²) in [7, 11) is 0. The maximum absolute atomic E-state index is 13.7. The predicted molar refractivity (Wildman–Crippen MR) is 212 cm³/mol. The number of rotatable bonds is 9. The van der Waals surface area contributed by atoms with Gasteiger partial charge in [-0.2, -0.15) is 0 Å². The van der Waals surface area contributed by atoms with Gasteiger partial charge < -0.3 is 15.3 Å². The van der Waals surface area contributed by atoms with E-state index in [1.54, 1.807) is 0 Å². The lowest BCUT2D eigenvalue weighted by Gasteiger charge is -2.35. The predicted octanol–water partition coefficient (Wildman–Crippen LogP) is 4.56. The molecule has 3 heterocycles. The molecule has 0 saturated heterocycles. The van der Waals surface area contributed by atoms with Crippen LogP contribution in [0.5, 0.6) is 0 Å². The van der Waals surface area contributed by atoms with E-state index < -0.39 is 0 Å². The zero-order chi connectivity index (χ0) is 40.8. The van der Waals surface area contributed by atoms with Crippen LogP contribution in [0.2, 0.25) is 0 Å². The molecule has 4 aromatic rings. The number of aliphatic hydroxyl groups excluding tert-OH is 3. The molecule has 4 aromatic carbocycles. The van der Waals surface area contributed by atoms with Crippen LogP contribution in [0.15, 0.2) is 36.4 Å². The molecule has 12 heteroatoms. The molecule has 0 saturated carbocycles. The molecule has 9 aliphatic rings. The van der Waals surface area contributed by atoms with Gasteiger partial charge in [0.2, 0.25) is 0 Å². The number of hydrogen-bond acceptors (Lipinski definition) is 9. The van der Waals surface area contributed by atoms with Gasteiger partial charge in [-0.3, -0.25) is 43.5 Å². The summed E-state index contributed by atoms with van der Waals surface area (Å²) in [4.78, 5) is 85.7. The lowest BCUT2D eigenvalue weighted by Crippen LogP contribution is -2.31. The molecule has 6 bridgehead atoms. The van der Waals surface area contributed by atoms with Gasteiger partial charge in [-0.05, 0) is 142 Å². The van der Waals surface area contributed by atoms with Crippen molar-refractivity contribution in [1.29, 1.82) is 0 Å². The van der Waals surface area contributed by atoms with Crippen molar-refractivity contribution in [3.05, 3.63) is 137 Å². The Balaban J connectivity index is 0.997. The molecule has 0 unspecified atom stereocenters. The number of carbonyl (C=O) groups is 6. The summed E-state index contributed by atoms with van der Waals surface area (Å²) in [6.07, 6.45) is 3.37. The van der Waals surface area contributed by atoms with Crippen LogP contribution in [0, 0.1) is 0 Å². The Morgan fingerprint density at radius 1 is 0.350 bits per heavy atom. The van der Waals surface area contributed by atoms with Gasteiger partial charge in [0, 0.05) is 75.0 Å². The van der Waals surface area contributed by atoms with Crippen molar-refractivity contribution in [3.63, 3.8) is 0 Å². The van der Waals surface area contributed by atoms with E-state index in [9.17, 15) is 44.1 Å². The van der Waals surface area contributed by atoms with Crippen molar-refractivity contribution < 1.29 is 44.1 Å². The first-order valence-electron chi connectivity index (χ1n) is 21.3. The molecule has 0 radical (unpaired) electrons. The molecular formula is C48H39N3O9. The summed E-state index contributed by atoms with van der Waals surface area (Å²) < 4.78 is 0. The quantitative estimate of drug-likeness (QED) is 0.205. The SMILES string of the molecule is O=C1c2cc3c(cc2C(=O)N1CCCO)[C@@H]1C[C@H]3c2c1c1c(c3c2[C@H]2C[C@@H]3c3cc4c(cc32)C(=O)N(CCCO)C4=O)[C@H]2C[C@@H]1c1cc3c(cc12)C(=O)N(CCCO)C3=O. The molecule has 300 valence electrons. The molecule has 0 spiro atoms. The Bertz CT molecular complexity index is 2360. The number of carbonyl (C=O) groups excluding carboxylic acids is 6. The van der Waals surface area contributed by atoms with E-state index in [1.807, 2.05) is 36.4 Å². The minimum atomic E-state index is -0.327. The van der Waals surface area contributed by atoms with Crippen LogP contribution in [0.4, 0.5) is 0 Å². The zero-order valence-electron chi connectivity index (χ0n) is 32.5. The van der Waals surface area contributed by atoms with Crippen molar-refractivity contribution >= 4 is 35.4 Å². The van der Waals surface area contributed by atoms with Crippen LogP contribution in [-0.2, 0) is 0 Å². The van der Waals surface area contributed by atoms with E-state index >= 15 is 0 Å². The van der Waals surface area contributed by atoms with Crippen LogP contribution in [0.1, 0.15) is 203 Å². The highest BCUT2D eigenvalue weighted by Gasteiger charge is 2.58. The van der Waals surface area contributed by atoms with E-state index in [1.165, 1.54) is 48.1 Å². The van der Waals surface area contributed by atoms with Gasteiger partial charge in [-0.25, -0.2) is 0 Å². The normalized spacial score (nSPS) is 25.8. The summed E-state index contributed by atoms with van der Waals surface area (Å²) in [6.45, 7) is 0.0869. The lowest BCUT2D eigenvalue weighted by atomic mass is 9.68. The van der Waals surface area contributed by atoms with Crippen molar-refractivity contribution in [2.45, 2.75) is 74.0 Å². The smallest absolute Gasteiger partial charge is 0.261 e. The van der Waals surface area contributed by atoms with Gasteiger partial charge in [0.05, 0.1) is 33.4 Å². The molecule has 3 aliphatic heterocycles. The molecule has 12 nitrogen and oxygen atoms in total. The van der Waals surface area contributed by atoms with Gasteiger partial charge in [0.25, 0.3) is 35.4 Å². The molecule has 6 atom stereocenters. The molecule has 3 N–H and O–H groups in total.